The molecule has 1 amide bonds. The van der Waals surface area contributed by atoms with Crippen molar-refractivity contribution in [1.29, 1.82) is 0 Å². The summed E-state index contributed by atoms with van der Waals surface area (Å²) < 4.78 is 5.01. The number of esters is 1. The van der Waals surface area contributed by atoms with Crippen LogP contribution in [0.25, 0.3) is 0 Å². The molecule has 0 saturated heterocycles. The molecule has 2 aromatic rings. The van der Waals surface area contributed by atoms with Gasteiger partial charge in [0.25, 0.3) is 0 Å². The number of ether oxygens (including phenoxy) is 1. The second-order valence-electron chi connectivity index (χ2n) is 10.3. The number of carbonyl (C=O) groups is 2. The van der Waals surface area contributed by atoms with Gasteiger partial charge in [-0.05, 0) is 79.0 Å². The van der Waals surface area contributed by atoms with E-state index in [1.54, 1.807) is 24.3 Å². The molecule has 4 bridgehead atoms. The van der Waals surface area contributed by atoms with E-state index in [1.807, 2.05) is 0 Å². The van der Waals surface area contributed by atoms with Gasteiger partial charge in [0.15, 0.2) is 0 Å². The Hall–Kier alpha value is -2.82. The fourth-order valence-electron chi connectivity index (χ4n) is 7.17. The van der Waals surface area contributed by atoms with Crippen molar-refractivity contribution in [1.82, 2.24) is 5.32 Å². The van der Waals surface area contributed by atoms with E-state index in [-0.39, 0.29) is 17.1 Å². The molecule has 4 saturated carbocycles. The molecule has 168 valence electrons. The molecule has 0 spiro atoms. The van der Waals surface area contributed by atoms with Gasteiger partial charge in [-0.2, -0.15) is 0 Å². The topological polar surface area (TPSA) is 75.6 Å². The molecule has 3 atom stereocenters. The van der Waals surface area contributed by atoms with E-state index in [2.05, 4.69) is 35.6 Å². The van der Waals surface area contributed by atoms with E-state index < -0.39 is 17.4 Å². The molecule has 0 radical (unpaired) electrons. The minimum atomic E-state index is -0.738. The van der Waals surface area contributed by atoms with Crippen molar-refractivity contribution in [3.05, 3.63) is 65.7 Å². The van der Waals surface area contributed by atoms with Crippen LogP contribution < -0.4 is 5.32 Å². The second kappa shape index (κ2) is 7.95. The molecule has 4 aliphatic rings. The summed E-state index contributed by atoms with van der Waals surface area (Å²) in [7, 11) is 1.35. The van der Waals surface area contributed by atoms with Gasteiger partial charge in [-0.25, -0.2) is 4.79 Å². The van der Waals surface area contributed by atoms with Crippen molar-refractivity contribution < 1.29 is 19.4 Å². The zero-order valence-corrected chi connectivity index (χ0v) is 18.5. The molecule has 0 aromatic heterocycles. The van der Waals surface area contributed by atoms with Gasteiger partial charge in [-0.1, -0.05) is 42.5 Å². The number of hydrogen-bond donors (Lipinski definition) is 2. The quantitative estimate of drug-likeness (QED) is 0.672. The summed E-state index contributed by atoms with van der Waals surface area (Å²) in [5.41, 5.74) is 1.88. The third-order valence-corrected chi connectivity index (χ3v) is 8.10. The van der Waals surface area contributed by atoms with Crippen LogP contribution in [0.3, 0.4) is 0 Å². The van der Waals surface area contributed by atoms with E-state index in [0.29, 0.717) is 18.3 Å². The van der Waals surface area contributed by atoms with Crippen molar-refractivity contribution >= 4 is 11.9 Å². The standard InChI is InChI=1S/C27H31NO4/c1-32-24(30)23(12-18-7-9-22(29)10-8-18)28-25(31)27-15-19-11-20(16-27)14-26(13-19,17-27)21-5-3-2-4-6-21/h2-10,19-20,23,29H,11-17H2,1H3,(H,28,31)/t19-,20-,23+,26?,27?/m1/s1. The summed E-state index contributed by atoms with van der Waals surface area (Å²) in [6.45, 7) is 0. The van der Waals surface area contributed by atoms with Crippen molar-refractivity contribution in [3.8, 4) is 5.75 Å². The van der Waals surface area contributed by atoms with Gasteiger partial charge in [-0.15, -0.1) is 0 Å². The van der Waals surface area contributed by atoms with Crippen LogP contribution in [-0.4, -0.2) is 30.1 Å². The minimum absolute atomic E-state index is 0.00100. The first kappa shape index (κ1) is 21.0. The van der Waals surface area contributed by atoms with E-state index in [0.717, 1.165) is 37.7 Å². The Morgan fingerprint density at radius 3 is 2.31 bits per heavy atom. The molecular weight excluding hydrogens is 402 g/mol. The van der Waals surface area contributed by atoms with Crippen LogP contribution in [-0.2, 0) is 26.2 Å². The number of aromatic hydroxyl groups is 1. The predicted molar refractivity (Wildman–Crippen MR) is 121 cm³/mol. The average molecular weight is 434 g/mol. The highest BCUT2D eigenvalue weighted by Gasteiger charge is 2.61. The van der Waals surface area contributed by atoms with Gasteiger partial charge in [0.1, 0.15) is 11.8 Å². The van der Waals surface area contributed by atoms with Crippen molar-refractivity contribution in [2.45, 2.75) is 56.4 Å². The number of carbonyl (C=O) groups excluding carboxylic acids is 2. The first-order chi connectivity index (χ1) is 15.4. The molecule has 0 aliphatic heterocycles. The predicted octanol–water partition coefficient (Wildman–Crippen LogP) is 4.13. The van der Waals surface area contributed by atoms with Crippen LogP contribution >= 0.6 is 0 Å². The average Bonchev–Trinajstić information content (AvgIpc) is 2.79. The largest absolute Gasteiger partial charge is 0.508 e. The summed E-state index contributed by atoms with van der Waals surface area (Å²) >= 11 is 0. The molecule has 2 aromatic carbocycles. The van der Waals surface area contributed by atoms with Gasteiger partial charge in [-0.3, -0.25) is 4.79 Å². The van der Waals surface area contributed by atoms with Gasteiger partial charge >= 0.3 is 5.97 Å². The first-order valence-corrected chi connectivity index (χ1v) is 11.6. The fraction of sp³-hybridized carbons (Fsp3) is 0.481. The summed E-state index contributed by atoms with van der Waals surface area (Å²) in [6.07, 6.45) is 6.57. The highest BCUT2D eigenvalue weighted by Crippen LogP contribution is 2.65. The Balaban J connectivity index is 1.40. The van der Waals surface area contributed by atoms with Crippen molar-refractivity contribution in [3.63, 3.8) is 0 Å². The first-order valence-electron chi connectivity index (χ1n) is 11.6. The maximum atomic E-state index is 13.8. The maximum absolute atomic E-state index is 13.8. The Morgan fingerprint density at radius 2 is 1.69 bits per heavy atom. The maximum Gasteiger partial charge on any atom is 0.328 e. The van der Waals surface area contributed by atoms with Gasteiger partial charge in [0, 0.05) is 6.42 Å². The lowest BCUT2D eigenvalue weighted by Crippen LogP contribution is -2.60. The fourth-order valence-corrected chi connectivity index (χ4v) is 7.17. The molecular formula is C27H31NO4. The lowest BCUT2D eigenvalue weighted by atomic mass is 9.42. The highest BCUT2D eigenvalue weighted by molar-refractivity contribution is 5.88. The summed E-state index contributed by atoms with van der Waals surface area (Å²) in [6, 6.07) is 16.7. The molecule has 5 nitrogen and oxygen atoms in total. The third-order valence-electron chi connectivity index (χ3n) is 8.10. The van der Waals surface area contributed by atoms with E-state index in [4.69, 9.17) is 4.74 Å². The Bertz CT molecular complexity index is 986. The number of hydrogen-bond acceptors (Lipinski definition) is 4. The van der Waals surface area contributed by atoms with Crippen LogP contribution in [0, 0.1) is 17.3 Å². The molecule has 0 unspecified atom stereocenters. The van der Waals surface area contributed by atoms with Crippen LogP contribution in [0.4, 0.5) is 0 Å². The smallest absolute Gasteiger partial charge is 0.328 e. The van der Waals surface area contributed by atoms with Gasteiger partial charge in [0.05, 0.1) is 12.5 Å². The number of methoxy groups -OCH3 is 1. The number of rotatable bonds is 6. The molecule has 4 aliphatic carbocycles. The van der Waals surface area contributed by atoms with Crippen LogP contribution in [0.5, 0.6) is 5.75 Å². The Kier molecular flexibility index (Phi) is 5.23. The normalized spacial score (nSPS) is 31.2. The lowest BCUT2D eigenvalue weighted by Gasteiger charge is -2.61. The zero-order valence-electron chi connectivity index (χ0n) is 18.5. The molecule has 6 rings (SSSR count). The number of amides is 1. The van der Waals surface area contributed by atoms with Gasteiger partial charge < -0.3 is 15.2 Å². The number of phenolic OH excluding ortho intramolecular Hbond substituents is 1. The van der Waals surface area contributed by atoms with E-state index in [9.17, 15) is 14.7 Å². The lowest BCUT2D eigenvalue weighted by molar-refractivity contribution is -0.154. The van der Waals surface area contributed by atoms with Crippen LogP contribution in [0.15, 0.2) is 54.6 Å². The Labute approximate surface area is 189 Å². The van der Waals surface area contributed by atoms with Crippen LogP contribution in [0.2, 0.25) is 0 Å². The van der Waals surface area contributed by atoms with Gasteiger partial charge in [0.2, 0.25) is 5.91 Å². The zero-order chi connectivity index (χ0) is 22.3. The molecule has 4 fully saturated rings. The van der Waals surface area contributed by atoms with Crippen molar-refractivity contribution in [2.75, 3.05) is 7.11 Å². The molecule has 0 heterocycles. The Morgan fingerprint density at radius 1 is 1.03 bits per heavy atom. The summed E-state index contributed by atoms with van der Waals surface area (Å²) in [5, 5.41) is 12.6. The summed E-state index contributed by atoms with van der Waals surface area (Å²) in [4.78, 5) is 26.3. The second-order valence-corrected chi connectivity index (χ2v) is 10.3. The molecule has 32 heavy (non-hydrogen) atoms. The molecule has 2 N–H and O–H groups in total. The van der Waals surface area contributed by atoms with E-state index in [1.165, 1.54) is 19.1 Å². The third kappa shape index (κ3) is 3.68. The minimum Gasteiger partial charge on any atom is -0.508 e. The number of nitrogens with one attached hydrogen (secondary N) is 1. The monoisotopic (exact) mass is 433 g/mol. The number of benzene rings is 2. The number of phenols is 1. The van der Waals surface area contributed by atoms with E-state index >= 15 is 0 Å². The highest BCUT2D eigenvalue weighted by atomic mass is 16.5. The summed E-state index contributed by atoms with van der Waals surface area (Å²) in [5.74, 6) is 0.869. The van der Waals surface area contributed by atoms with Crippen molar-refractivity contribution in [2.24, 2.45) is 17.3 Å². The van der Waals surface area contributed by atoms with Crippen LogP contribution in [0.1, 0.15) is 49.7 Å². The molecule has 5 heteroatoms. The SMILES string of the molecule is COC(=O)[C@H](Cc1ccc(O)cc1)NC(=O)C12C[C@@H]3C[C@@H](C1)CC(c1ccccc1)(C3)C2.